The van der Waals surface area contributed by atoms with E-state index in [0.717, 1.165) is 10.9 Å². The third-order valence-corrected chi connectivity index (χ3v) is 3.76. The van der Waals surface area contributed by atoms with E-state index in [1.54, 1.807) is 17.2 Å². The Hall–Kier alpha value is -2.63. The minimum Gasteiger partial charge on any atom is -0.361 e. The van der Waals surface area contributed by atoms with Crippen LogP contribution in [-0.4, -0.2) is 31.9 Å². The number of hydrogen-bond donors (Lipinski definition) is 2. The molecule has 1 unspecified atom stereocenters. The molecule has 0 aliphatic heterocycles. The van der Waals surface area contributed by atoms with Crippen molar-refractivity contribution in [2.45, 2.75) is 26.4 Å². The highest BCUT2D eigenvalue weighted by Gasteiger charge is 2.18. The molecule has 2 N–H and O–H groups in total. The van der Waals surface area contributed by atoms with Gasteiger partial charge in [0.15, 0.2) is 0 Å². The quantitative estimate of drug-likeness (QED) is 0.758. The maximum atomic E-state index is 12.5. The Kier molecular flexibility index (Phi) is 3.91. The van der Waals surface area contributed by atoms with Crippen LogP contribution in [0.2, 0.25) is 0 Å². The molecule has 6 heteroatoms. The van der Waals surface area contributed by atoms with Crippen molar-refractivity contribution in [3.63, 3.8) is 0 Å². The first kappa shape index (κ1) is 14.3. The lowest BCUT2D eigenvalue weighted by Gasteiger charge is -2.21. The van der Waals surface area contributed by atoms with Gasteiger partial charge in [-0.1, -0.05) is 13.8 Å². The van der Waals surface area contributed by atoms with Crippen LogP contribution in [-0.2, 0) is 6.54 Å². The standard InChI is InChI=1S/C16H19N5O/c1-11(2)15(10-21-18-7-8-19-21)20-16(22)13-3-4-14-12(9-13)5-6-17-14/h3-9,11,15,17H,10H2,1-2H3,(H,20,22). The third kappa shape index (κ3) is 3.00. The van der Waals surface area contributed by atoms with E-state index in [1.807, 2.05) is 30.5 Å². The average molecular weight is 297 g/mol. The zero-order valence-corrected chi connectivity index (χ0v) is 12.7. The van der Waals surface area contributed by atoms with E-state index in [9.17, 15) is 4.79 Å². The fraction of sp³-hybridized carbons (Fsp3) is 0.312. The highest BCUT2D eigenvalue weighted by Crippen LogP contribution is 2.15. The van der Waals surface area contributed by atoms with Crippen LogP contribution >= 0.6 is 0 Å². The normalized spacial score (nSPS) is 12.7. The van der Waals surface area contributed by atoms with Gasteiger partial charge in [-0.05, 0) is 30.2 Å². The molecule has 3 rings (SSSR count). The summed E-state index contributed by atoms with van der Waals surface area (Å²) in [5, 5.41) is 12.3. The summed E-state index contributed by atoms with van der Waals surface area (Å²) in [5.41, 5.74) is 1.68. The molecule has 2 heterocycles. The van der Waals surface area contributed by atoms with Gasteiger partial charge in [0.2, 0.25) is 0 Å². The van der Waals surface area contributed by atoms with Gasteiger partial charge >= 0.3 is 0 Å². The molecular weight excluding hydrogens is 278 g/mol. The molecule has 6 nitrogen and oxygen atoms in total. The topological polar surface area (TPSA) is 75.6 Å². The summed E-state index contributed by atoms with van der Waals surface area (Å²) in [6.45, 7) is 4.70. The summed E-state index contributed by atoms with van der Waals surface area (Å²) in [5.74, 6) is 0.208. The van der Waals surface area contributed by atoms with Gasteiger partial charge in [-0.15, -0.1) is 0 Å². The van der Waals surface area contributed by atoms with Crippen LogP contribution in [0.3, 0.4) is 0 Å². The number of fused-ring (bicyclic) bond motifs is 1. The van der Waals surface area contributed by atoms with Crippen molar-refractivity contribution >= 4 is 16.8 Å². The van der Waals surface area contributed by atoms with Crippen molar-refractivity contribution in [3.05, 3.63) is 48.4 Å². The maximum absolute atomic E-state index is 12.5. The maximum Gasteiger partial charge on any atom is 0.251 e. The number of carbonyl (C=O) groups is 1. The van der Waals surface area contributed by atoms with Gasteiger partial charge in [0.25, 0.3) is 5.91 Å². The lowest BCUT2D eigenvalue weighted by molar-refractivity contribution is 0.0918. The number of nitrogens with one attached hydrogen (secondary N) is 2. The van der Waals surface area contributed by atoms with Crippen LogP contribution in [0.5, 0.6) is 0 Å². The van der Waals surface area contributed by atoms with Gasteiger partial charge < -0.3 is 10.3 Å². The first-order chi connectivity index (χ1) is 10.6. The number of H-pyrrole nitrogens is 1. The Bertz CT molecular complexity index is 760. The second kappa shape index (κ2) is 6.01. The Morgan fingerprint density at radius 1 is 1.27 bits per heavy atom. The largest absolute Gasteiger partial charge is 0.361 e. The zero-order valence-electron chi connectivity index (χ0n) is 12.7. The van der Waals surface area contributed by atoms with Gasteiger partial charge in [0.1, 0.15) is 0 Å². The average Bonchev–Trinajstić information content (AvgIpc) is 3.16. The highest BCUT2D eigenvalue weighted by atomic mass is 16.1. The number of carbonyl (C=O) groups excluding carboxylic acids is 1. The van der Waals surface area contributed by atoms with E-state index in [4.69, 9.17) is 0 Å². The van der Waals surface area contributed by atoms with Gasteiger partial charge in [-0.25, -0.2) is 0 Å². The van der Waals surface area contributed by atoms with Crippen LogP contribution in [0.1, 0.15) is 24.2 Å². The number of aromatic amines is 1. The number of benzene rings is 1. The molecule has 0 radical (unpaired) electrons. The molecule has 0 spiro atoms. The molecule has 1 amide bonds. The molecule has 0 saturated carbocycles. The van der Waals surface area contributed by atoms with E-state index < -0.39 is 0 Å². The summed E-state index contributed by atoms with van der Waals surface area (Å²) in [6.07, 6.45) is 5.14. The van der Waals surface area contributed by atoms with Crippen LogP contribution in [0, 0.1) is 5.92 Å². The smallest absolute Gasteiger partial charge is 0.251 e. The second-order valence-corrected chi connectivity index (χ2v) is 5.69. The summed E-state index contributed by atoms with van der Waals surface area (Å²) >= 11 is 0. The Morgan fingerprint density at radius 3 is 2.77 bits per heavy atom. The minimum atomic E-state index is -0.0750. The van der Waals surface area contributed by atoms with Gasteiger partial charge in [0.05, 0.1) is 25.0 Å². The van der Waals surface area contributed by atoms with Crippen LogP contribution in [0.25, 0.3) is 10.9 Å². The first-order valence-electron chi connectivity index (χ1n) is 7.35. The van der Waals surface area contributed by atoms with Crippen LogP contribution in [0.4, 0.5) is 0 Å². The molecule has 1 aromatic carbocycles. The lowest BCUT2D eigenvalue weighted by atomic mass is 10.0. The molecule has 1 atom stereocenters. The lowest BCUT2D eigenvalue weighted by Crippen LogP contribution is -2.42. The van der Waals surface area contributed by atoms with Crippen molar-refractivity contribution in [2.75, 3.05) is 0 Å². The molecule has 0 fully saturated rings. The van der Waals surface area contributed by atoms with Gasteiger partial charge in [0, 0.05) is 22.7 Å². The predicted molar refractivity (Wildman–Crippen MR) is 84.4 cm³/mol. The third-order valence-electron chi connectivity index (χ3n) is 3.76. The number of aromatic nitrogens is 4. The summed E-state index contributed by atoms with van der Waals surface area (Å²) < 4.78 is 0. The van der Waals surface area contributed by atoms with Gasteiger partial charge in [-0.2, -0.15) is 15.0 Å². The van der Waals surface area contributed by atoms with Crippen molar-refractivity contribution in [2.24, 2.45) is 5.92 Å². The van der Waals surface area contributed by atoms with Crippen molar-refractivity contribution in [1.29, 1.82) is 0 Å². The molecule has 3 aromatic rings. The van der Waals surface area contributed by atoms with Crippen molar-refractivity contribution < 1.29 is 4.79 Å². The Labute approximate surface area is 128 Å². The van der Waals surface area contributed by atoms with E-state index in [-0.39, 0.29) is 17.9 Å². The Balaban J connectivity index is 1.75. The number of nitrogens with zero attached hydrogens (tertiary/aromatic N) is 3. The fourth-order valence-electron chi connectivity index (χ4n) is 2.38. The zero-order chi connectivity index (χ0) is 15.5. The highest BCUT2D eigenvalue weighted by molar-refractivity contribution is 5.98. The molecule has 2 aromatic heterocycles. The number of hydrogen-bond acceptors (Lipinski definition) is 3. The summed E-state index contributed by atoms with van der Waals surface area (Å²) in [6, 6.07) is 7.58. The van der Waals surface area contributed by atoms with Crippen molar-refractivity contribution in [3.8, 4) is 0 Å². The Morgan fingerprint density at radius 2 is 2.05 bits per heavy atom. The predicted octanol–water partition coefficient (Wildman–Crippen LogP) is 2.21. The van der Waals surface area contributed by atoms with Crippen LogP contribution in [0.15, 0.2) is 42.9 Å². The summed E-state index contributed by atoms with van der Waals surface area (Å²) in [4.78, 5) is 17.2. The molecule has 0 saturated heterocycles. The van der Waals surface area contributed by atoms with E-state index in [0.29, 0.717) is 12.1 Å². The molecule has 114 valence electrons. The second-order valence-electron chi connectivity index (χ2n) is 5.69. The molecule has 0 aliphatic carbocycles. The minimum absolute atomic E-state index is 0.0261. The molecule has 0 aliphatic rings. The fourth-order valence-corrected chi connectivity index (χ4v) is 2.38. The van der Waals surface area contributed by atoms with Crippen molar-refractivity contribution in [1.82, 2.24) is 25.3 Å². The summed E-state index contributed by atoms with van der Waals surface area (Å²) in [7, 11) is 0. The van der Waals surface area contributed by atoms with E-state index in [1.165, 1.54) is 0 Å². The molecule has 22 heavy (non-hydrogen) atoms. The van der Waals surface area contributed by atoms with E-state index in [2.05, 4.69) is 34.3 Å². The SMILES string of the molecule is CC(C)C(Cn1nccn1)NC(=O)c1ccc2[nH]ccc2c1. The van der Waals surface area contributed by atoms with E-state index >= 15 is 0 Å². The monoisotopic (exact) mass is 297 g/mol. The molecular formula is C16H19N5O. The molecule has 0 bridgehead atoms. The first-order valence-corrected chi connectivity index (χ1v) is 7.35. The van der Waals surface area contributed by atoms with Crippen LogP contribution < -0.4 is 5.32 Å². The number of rotatable bonds is 5. The number of amides is 1. The van der Waals surface area contributed by atoms with Gasteiger partial charge in [-0.3, -0.25) is 4.79 Å².